The lowest BCUT2D eigenvalue weighted by atomic mass is 9.82. The number of fused-ring (bicyclic) bond motifs is 1. The first kappa shape index (κ1) is 17.9. The van der Waals surface area contributed by atoms with Crippen molar-refractivity contribution in [3.8, 4) is 0 Å². The molecule has 7 nitrogen and oxygen atoms in total. The Bertz CT molecular complexity index is 782. The van der Waals surface area contributed by atoms with Crippen molar-refractivity contribution in [1.82, 2.24) is 15.3 Å². The number of amides is 1. The third kappa shape index (κ3) is 4.38. The van der Waals surface area contributed by atoms with E-state index in [1.807, 2.05) is 12.1 Å². The van der Waals surface area contributed by atoms with Gasteiger partial charge in [-0.3, -0.25) is 0 Å². The Labute approximate surface area is 150 Å². The lowest BCUT2D eigenvalue weighted by Crippen LogP contribution is -2.24. The second kappa shape index (κ2) is 7.99. The van der Waals surface area contributed by atoms with Gasteiger partial charge < -0.3 is 21.5 Å². The number of hydrogen-bond acceptors (Lipinski definition) is 5. The van der Waals surface area contributed by atoms with E-state index in [9.17, 15) is 9.18 Å². The van der Waals surface area contributed by atoms with Gasteiger partial charge in [-0.25, -0.2) is 14.2 Å². The summed E-state index contributed by atoms with van der Waals surface area (Å²) in [5, 5.41) is 14.1. The van der Waals surface area contributed by atoms with E-state index in [4.69, 9.17) is 10.8 Å². The molecule has 0 radical (unpaired) electrons. The highest BCUT2D eigenvalue weighted by atomic mass is 19.1. The number of carboxylic acid groups (broad SMARTS) is 1. The molecule has 0 bridgehead atoms. The van der Waals surface area contributed by atoms with E-state index in [-0.39, 0.29) is 17.7 Å². The summed E-state index contributed by atoms with van der Waals surface area (Å²) in [7, 11) is 0. The van der Waals surface area contributed by atoms with Crippen molar-refractivity contribution in [1.29, 1.82) is 0 Å². The van der Waals surface area contributed by atoms with Crippen molar-refractivity contribution in [3.63, 3.8) is 0 Å². The molecule has 1 heterocycles. The van der Waals surface area contributed by atoms with Crippen LogP contribution in [0, 0.1) is 5.82 Å². The van der Waals surface area contributed by atoms with E-state index in [1.165, 1.54) is 12.1 Å². The van der Waals surface area contributed by atoms with Gasteiger partial charge in [0.05, 0.1) is 5.69 Å². The molecule has 0 fully saturated rings. The molecule has 1 aromatic carbocycles. The first-order valence-electron chi connectivity index (χ1n) is 8.64. The van der Waals surface area contributed by atoms with Gasteiger partial charge in [0.2, 0.25) is 5.95 Å². The van der Waals surface area contributed by atoms with Crippen LogP contribution in [0.15, 0.2) is 24.3 Å². The fourth-order valence-corrected chi connectivity index (χ4v) is 3.29. The van der Waals surface area contributed by atoms with Crippen LogP contribution >= 0.6 is 0 Å². The topological polar surface area (TPSA) is 113 Å². The number of carbonyl (C=O) groups is 1. The largest absolute Gasteiger partial charge is 0.465 e. The number of nitrogens with zero attached hydrogens (tertiary/aromatic N) is 2. The van der Waals surface area contributed by atoms with E-state index in [0.29, 0.717) is 19.5 Å². The minimum Gasteiger partial charge on any atom is -0.465 e. The quantitative estimate of drug-likeness (QED) is 0.590. The second-order valence-corrected chi connectivity index (χ2v) is 6.36. The van der Waals surface area contributed by atoms with E-state index in [1.54, 1.807) is 0 Å². The molecule has 0 saturated heterocycles. The minimum atomic E-state index is -1.03. The molecule has 2 aromatic rings. The van der Waals surface area contributed by atoms with Gasteiger partial charge in [-0.2, -0.15) is 4.98 Å². The lowest BCUT2D eigenvalue weighted by Gasteiger charge is -2.26. The lowest BCUT2D eigenvalue weighted by molar-refractivity contribution is 0.194. The third-order valence-electron chi connectivity index (χ3n) is 4.56. The SMILES string of the molecule is Nc1nc2c(c(NCCCNC(=O)O)n1)CCC(c1ccc(F)cc1)C2. The molecule has 3 rings (SSSR count). The molecule has 0 spiro atoms. The predicted octanol–water partition coefficient (Wildman–Crippen LogP) is 2.54. The fraction of sp³-hybridized carbons (Fsp3) is 0.389. The van der Waals surface area contributed by atoms with Crippen molar-refractivity contribution in [2.75, 3.05) is 24.1 Å². The Morgan fingerprint density at radius 3 is 2.77 bits per heavy atom. The number of nitrogens with two attached hydrogens (primary N) is 1. The van der Waals surface area contributed by atoms with Gasteiger partial charge in [-0.05, 0) is 49.3 Å². The maximum Gasteiger partial charge on any atom is 0.404 e. The molecule has 0 aliphatic heterocycles. The molecule has 1 unspecified atom stereocenters. The van der Waals surface area contributed by atoms with Crippen molar-refractivity contribution in [2.24, 2.45) is 0 Å². The average molecular weight is 359 g/mol. The normalized spacial score (nSPS) is 16.0. The van der Waals surface area contributed by atoms with Gasteiger partial charge in [-0.1, -0.05) is 12.1 Å². The molecule has 26 heavy (non-hydrogen) atoms. The molecule has 138 valence electrons. The van der Waals surface area contributed by atoms with Gasteiger partial charge in [0.1, 0.15) is 11.6 Å². The summed E-state index contributed by atoms with van der Waals surface area (Å²) in [4.78, 5) is 19.1. The van der Waals surface area contributed by atoms with Gasteiger partial charge in [0, 0.05) is 18.7 Å². The molecule has 5 N–H and O–H groups in total. The molecule has 1 aliphatic carbocycles. The summed E-state index contributed by atoms with van der Waals surface area (Å²) in [6, 6.07) is 6.61. The zero-order chi connectivity index (χ0) is 18.5. The summed E-state index contributed by atoms with van der Waals surface area (Å²) in [5.74, 6) is 0.987. The Kier molecular flexibility index (Phi) is 5.50. The average Bonchev–Trinajstić information content (AvgIpc) is 2.61. The zero-order valence-electron chi connectivity index (χ0n) is 14.3. The molecule has 1 amide bonds. The third-order valence-corrected chi connectivity index (χ3v) is 4.56. The standard InChI is InChI=1S/C18H22FN5O2/c19-13-5-2-11(3-6-13)12-4-7-14-15(10-12)23-17(20)24-16(14)21-8-1-9-22-18(25)26/h2-3,5-6,12,22H,1,4,7-10H2,(H,25,26)(H3,20,21,23,24). The number of anilines is 2. The summed E-state index contributed by atoms with van der Waals surface area (Å²) in [5.41, 5.74) is 8.94. The van der Waals surface area contributed by atoms with Crippen LogP contribution in [0.3, 0.4) is 0 Å². The molecule has 1 atom stereocenters. The van der Waals surface area contributed by atoms with Crippen LogP contribution in [0.1, 0.15) is 35.6 Å². The van der Waals surface area contributed by atoms with E-state index < -0.39 is 6.09 Å². The molecular weight excluding hydrogens is 337 g/mol. The monoisotopic (exact) mass is 359 g/mol. The highest BCUT2D eigenvalue weighted by Gasteiger charge is 2.24. The summed E-state index contributed by atoms with van der Waals surface area (Å²) in [6.45, 7) is 0.961. The van der Waals surface area contributed by atoms with Crippen molar-refractivity contribution in [2.45, 2.75) is 31.6 Å². The highest BCUT2D eigenvalue weighted by molar-refractivity contribution is 5.64. The summed E-state index contributed by atoms with van der Waals surface area (Å²) < 4.78 is 13.1. The van der Waals surface area contributed by atoms with E-state index in [0.717, 1.165) is 41.9 Å². The van der Waals surface area contributed by atoms with Crippen LogP contribution < -0.4 is 16.4 Å². The molecule has 1 aromatic heterocycles. The number of rotatable bonds is 6. The van der Waals surface area contributed by atoms with Crippen LogP contribution in [-0.2, 0) is 12.8 Å². The number of aromatic nitrogens is 2. The summed E-state index contributed by atoms with van der Waals surface area (Å²) >= 11 is 0. The van der Waals surface area contributed by atoms with Crippen LogP contribution in [0.2, 0.25) is 0 Å². The molecule has 0 saturated carbocycles. The zero-order valence-corrected chi connectivity index (χ0v) is 14.3. The highest BCUT2D eigenvalue weighted by Crippen LogP contribution is 2.34. The van der Waals surface area contributed by atoms with Gasteiger partial charge in [0.15, 0.2) is 0 Å². The number of nitrogen functional groups attached to an aromatic ring is 1. The number of nitrogens with one attached hydrogen (secondary N) is 2. The number of halogens is 1. The van der Waals surface area contributed by atoms with Crippen LogP contribution in [0.4, 0.5) is 21.0 Å². The fourth-order valence-electron chi connectivity index (χ4n) is 3.29. The Hall–Kier alpha value is -2.90. The van der Waals surface area contributed by atoms with Crippen molar-refractivity contribution >= 4 is 17.9 Å². The van der Waals surface area contributed by atoms with Crippen LogP contribution in [0.25, 0.3) is 0 Å². The van der Waals surface area contributed by atoms with Gasteiger partial charge in [0.25, 0.3) is 0 Å². The van der Waals surface area contributed by atoms with Gasteiger partial charge >= 0.3 is 6.09 Å². The van der Waals surface area contributed by atoms with E-state index in [2.05, 4.69) is 20.6 Å². The molecular formula is C18H22FN5O2. The second-order valence-electron chi connectivity index (χ2n) is 6.36. The number of benzene rings is 1. The predicted molar refractivity (Wildman–Crippen MR) is 96.7 cm³/mol. The van der Waals surface area contributed by atoms with Gasteiger partial charge in [-0.15, -0.1) is 0 Å². The molecule has 8 heteroatoms. The smallest absolute Gasteiger partial charge is 0.404 e. The maximum absolute atomic E-state index is 13.1. The Morgan fingerprint density at radius 2 is 2.04 bits per heavy atom. The number of hydrogen-bond donors (Lipinski definition) is 4. The van der Waals surface area contributed by atoms with Crippen LogP contribution in [0.5, 0.6) is 0 Å². The first-order valence-corrected chi connectivity index (χ1v) is 8.64. The van der Waals surface area contributed by atoms with Crippen molar-refractivity contribution < 1.29 is 14.3 Å². The van der Waals surface area contributed by atoms with Crippen molar-refractivity contribution in [3.05, 3.63) is 46.9 Å². The first-order chi connectivity index (χ1) is 12.5. The van der Waals surface area contributed by atoms with Crippen LogP contribution in [-0.4, -0.2) is 34.3 Å². The molecule has 1 aliphatic rings. The Morgan fingerprint density at radius 1 is 1.27 bits per heavy atom. The maximum atomic E-state index is 13.1. The minimum absolute atomic E-state index is 0.217. The Balaban J connectivity index is 1.68. The summed E-state index contributed by atoms with van der Waals surface area (Å²) in [6.07, 6.45) is 2.10. The van der Waals surface area contributed by atoms with E-state index >= 15 is 0 Å².